The Labute approximate surface area is 205 Å². The number of nitrogens with zero attached hydrogens (tertiary/aromatic N) is 2. The molecule has 4 aromatic rings. The molecule has 0 fully saturated rings. The van der Waals surface area contributed by atoms with Crippen LogP contribution in [0, 0.1) is 12.7 Å². The Balaban J connectivity index is 1.70. The summed E-state index contributed by atoms with van der Waals surface area (Å²) in [6, 6.07) is 23.6. The minimum atomic E-state index is -0.673. The van der Waals surface area contributed by atoms with Crippen LogP contribution in [0.5, 0.6) is 0 Å². The minimum Gasteiger partial charge on any atom is -0.464 e. The van der Waals surface area contributed by atoms with Gasteiger partial charge in [-0.05, 0) is 31.0 Å². The maximum absolute atomic E-state index is 14.5. The second-order valence-electron chi connectivity index (χ2n) is 8.33. The number of esters is 1. The first-order chi connectivity index (χ1) is 17.0. The quantitative estimate of drug-likeness (QED) is 0.315. The van der Waals surface area contributed by atoms with E-state index in [-0.39, 0.29) is 24.8 Å². The van der Waals surface area contributed by atoms with E-state index >= 15 is 0 Å². The number of benzene rings is 3. The van der Waals surface area contributed by atoms with E-state index in [4.69, 9.17) is 9.72 Å². The van der Waals surface area contributed by atoms with Crippen molar-refractivity contribution in [2.45, 2.75) is 32.7 Å². The van der Waals surface area contributed by atoms with Crippen molar-refractivity contribution in [3.05, 3.63) is 113 Å². The number of carbonyl (C=O) groups excluding carboxylic acids is 1. The molecule has 1 aromatic heterocycles. The maximum Gasteiger partial charge on any atom is 0.328 e. The first-order valence-corrected chi connectivity index (χ1v) is 11.7. The smallest absolute Gasteiger partial charge is 0.328 e. The van der Waals surface area contributed by atoms with Crippen LogP contribution in [0.15, 0.2) is 85.1 Å². The van der Waals surface area contributed by atoms with Crippen LogP contribution in [-0.2, 0) is 22.4 Å². The molecule has 1 unspecified atom stereocenters. The molecule has 4 rings (SSSR count). The topological polar surface area (TPSA) is 64.1 Å². The van der Waals surface area contributed by atoms with Crippen molar-refractivity contribution in [2.75, 3.05) is 11.9 Å². The van der Waals surface area contributed by atoms with Crippen LogP contribution >= 0.6 is 0 Å². The largest absolute Gasteiger partial charge is 0.464 e. The van der Waals surface area contributed by atoms with Crippen molar-refractivity contribution in [3.63, 3.8) is 0 Å². The molecule has 1 heterocycles. The molecule has 0 spiro atoms. The number of nitrogens with one attached hydrogen (secondary N) is 1. The zero-order chi connectivity index (χ0) is 24.6. The molecule has 0 saturated heterocycles. The van der Waals surface area contributed by atoms with Gasteiger partial charge in [-0.1, -0.05) is 78.4 Å². The summed E-state index contributed by atoms with van der Waals surface area (Å²) in [7, 11) is 0. The van der Waals surface area contributed by atoms with E-state index in [1.54, 1.807) is 31.3 Å². The van der Waals surface area contributed by atoms with Crippen LogP contribution in [0.4, 0.5) is 10.2 Å². The molecule has 3 aromatic carbocycles. The van der Waals surface area contributed by atoms with Crippen LogP contribution < -0.4 is 5.32 Å². The molecule has 6 heteroatoms. The van der Waals surface area contributed by atoms with E-state index < -0.39 is 6.04 Å². The van der Waals surface area contributed by atoms with Crippen molar-refractivity contribution >= 4 is 11.8 Å². The van der Waals surface area contributed by atoms with Crippen molar-refractivity contribution in [1.82, 2.24) is 9.97 Å². The van der Waals surface area contributed by atoms with Gasteiger partial charge in [0.15, 0.2) is 0 Å². The van der Waals surface area contributed by atoms with E-state index in [1.807, 2.05) is 61.5 Å². The number of ether oxygens (including phenoxy) is 1. The fourth-order valence-electron chi connectivity index (χ4n) is 3.92. The Morgan fingerprint density at radius 1 is 1.03 bits per heavy atom. The summed E-state index contributed by atoms with van der Waals surface area (Å²) >= 11 is 0. The molecule has 0 radical (unpaired) electrons. The second-order valence-corrected chi connectivity index (χ2v) is 8.33. The highest BCUT2D eigenvalue weighted by Gasteiger charge is 2.23. The van der Waals surface area contributed by atoms with Gasteiger partial charge in [-0.25, -0.2) is 19.2 Å². The third-order valence-corrected chi connectivity index (χ3v) is 5.63. The minimum absolute atomic E-state index is 0.225. The van der Waals surface area contributed by atoms with E-state index in [9.17, 15) is 9.18 Å². The van der Waals surface area contributed by atoms with Gasteiger partial charge < -0.3 is 10.1 Å². The van der Waals surface area contributed by atoms with Crippen molar-refractivity contribution in [1.29, 1.82) is 0 Å². The van der Waals surface area contributed by atoms with Crippen LogP contribution in [0.3, 0.4) is 0 Å². The van der Waals surface area contributed by atoms with Crippen LogP contribution in [0.25, 0.3) is 11.3 Å². The molecular formula is C29H28FN3O2. The molecule has 0 aliphatic carbocycles. The van der Waals surface area contributed by atoms with Gasteiger partial charge in [0.05, 0.1) is 24.2 Å². The van der Waals surface area contributed by atoms with E-state index in [2.05, 4.69) is 10.3 Å². The van der Waals surface area contributed by atoms with Gasteiger partial charge in [0.25, 0.3) is 0 Å². The highest BCUT2D eigenvalue weighted by atomic mass is 19.1. The summed E-state index contributed by atoms with van der Waals surface area (Å²) in [5.41, 5.74) is 4.74. The van der Waals surface area contributed by atoms with Gasteiger partial charge in [0.1, 0.15) is 17.7 Å². The van der Waals surface area contributed by atoms with Gasteiger partial charge in [-0.2, -0.15) is 0 Å². The van der Waals surface area contributed by atoms with Gasteiger partial charge >= 0.3 is 5.97 Å². The predicted molar refractivity (Wildman–Crippen MR) is 136 cm³/mol. The van der Waals surface area contributed by atoms with Crippen LogP contribution in [0.1, 0.15) is 29.3 Å². The number of anilines is 1. The van der Waals surface area contributed by atoms with Gasteiger partial charge in [0.2, 0.25) is 0 Å². The number of aryl methyl sites for hydroxylation is 1. The molecular weight excluding hydrogens is 441 g/mol. The lowest BCUT2D eigenvalue weighted by Gasteiger charge is -2.20. The fraction of sp³-hybridized carbons (Fsp3) is 0.207. The summed E-state index contributed by atoms with van der Waals surface area (Å²) in [4.78, 5) is 22.3. The van der Waals surface area contributed by atoms with E-state index in [0.717, 1.165) is 16.7 Å². The number of aromatic nitrogens is 2. The normalized spacial score (nSPS) is 11.6. The molecule has 35 heavy (non-hydrogen) atoms. The Bertz CT molecular complexity index is 1290. The lowest BCUT2D eigenvalue weighted by molar-refractivity contribution is -0.144. The number of hydrogen-bond donors (Lipinski definition) is 1. The highest BCUT2D eigenvalue weighted by molar-refractivity contribution is 5.79. The molecule has 1 N–H and O–H groups in total. The zero-order valence-electron chi connectivity index (χ0n) is 19.9. The second kappa shape index (κ2) is 11.4. The lowest BCUT2D eigenvalue weighted by Crippen LogP contribution is -2.34. The lowest BCUT2D eigenvalue weighted by atomic mass is 10.0. The number of carbonyl (C=O) groups is 1. The van der Waals surface area contributed by atoms with Crippen LogP contribution in [-0.4, -0.2) is 28.6 Å². The van der Waals surface area contributed by atoms with Crippen molar-refractivity contribution in [2.24, 2.45) is 0 Å². The number of halogens is 1. The van der Waals surface area contributed by atoms with Crippen molar-refractivity contribution in [3.8, 4) is 11.3 Å². The molecule has 0 aliphatic heterocycles. The SMILES string of the molecule is CCOC(=O)C(Cc1cccc(C)c1)Nc1ncc(-c2ccccc2)nc1Cc1ccccc1F. The summed E-state index contributed by atoms with van der Waals surface area (Å²) in [5, 5.41) is 3.25. The predicted octanol–water partition coefficient (Wildman–Crippen LogP) is 5.77. The number of hydrogen-bond acceptors (Lipinski definition) is 5. The molecule has 0 amide bonds. The Morgan fingerprint density at radius 3 is 2.54 bits per heavy atom. The summed E-state index contributed by atoms with van der Waals surface area (Å²) in [5.74, 6) is -0.259. The van der Waals surface area contributed by atoms with Gasteiger partial charge in [-0.15, -0.1) is 0 Å². The third-order valence-electron chi connectivity index (χ3n) is 5.63. The Morgan fingerprint density at radius 2 is 1.80 bits per heavy atom. The summed E-state index contributed by atoms with van der Waals surface area (Å²) in [6.07, 6.45) is 2.31. The van der Waals surface area contributed by atoms with Crippen LogP contribution in [0.2, 0.25) is 0 Å². The molecule has 0 aliphatic rings. The van der Waals surface area contributed by atoms with Gasteiger partial charge in [-0.3, -0.25) is 0 Å². The van der Waals surface area contributed by atoms with E-state index in [0.29, 0.717) is 29.2 Å². The monoisotopic (exact) mass is 469 g/mol. The van der Waals surface area contributed by atoms with E-state index in [1.165, 1.54) is 6.07 Å². The molecule has 178 valence electrons. The molecule has 5 nitrogen and oxygen atoms in total. The fourth-order valence-corrected chi connectivity index (χ4v) is 3.92. The first kappa shape index (κ1) is 24.1. The first-order valence-electron chi connectivity index (χ1n) is 11.7. The standard InChI is InChI=1S/C29H28FN3O2/c1-3-35-29(34)26(17-21-11-9-10-20(2)16-21)33-28-25(18-23-14-7-8-15-24(23)30)32-27(19-31-28)22-12-5-4-6-13-22/h4-16,19,26H,3,17-18H2,1-2H3,(H,31,33). The highest BCUT2D eigenvalue weighted by Crippen LogP contribution is 2.24. The molecule has 0 bridgehead atoms. The number of rotatable bonds is 9. The maximum atomic E-state index is 14.5. The average molecular weight is 470 g/mol. The summed E-state index contributed by atoms with van der Waals surface area (Å²) < 4.78 is 19.8. The van der Waals surface area contributed by atoms with Crippen molar-refractivity contribution < 1.29 is 13.9 Å². The van der Waals surface area contributed by atoms with Gasteiger partial charge in [0, 0.05) is 18.4 Å². The summed E-state index contributed by atoms with van der Waals surface area (Å²) in [6.45, 7) is 4.06. The third kappa shape index (κ3) is 6.29. The molecule has 0 saturated carbocycles. The molecule has 1 atom stereocenters. The Hall–Kier alpha value is -4.06. The zero-order valence-corrected chi connectivity index (χ0v) is 19.9. The average Bonchev–Trinajstić information content (AvgIpc) is 2.86. The Kier molecular flexibility index (Phi) is 7.83.